The number of nitrogens with one attached hydrogen (secondary N) is 2. The Kier molecular flexibility index (Phi) is 5.42. The molecule has 1 heterocycles. The number of nitro groups is 1. The van der Waals surface area contributed by atoms with Gasteiger partial charge in [0.15, 0.2) is 10.7 Å². The van der Waals surface area contributed by atoms with E-state index in [1.165, 1.54) is 18.2 Å². The summed E-state index contributed by atoms with van der Waals surface area (Å²) < 4.78 is 5.82. The molecule has 31 heavy (non-hydrogen) atoms. The van der Waals surface area contributed by atoms with Gasteiger partial charge in [0.2, 0.25) is 5.89 Å². The average molecular weight is 432 g/mol. The Balaban J connectivity index is 1.44. The van der Waals surface area contributed by atoms with Gasteiger partial charge in [-0.1, -0.05) is 18.2 Å². The highest BCUT2D eigenvalue weighted by atomic mass is 32.1. The van der Waals surface area contributed by atoms with Gasteiger partial charge in [0.25, 0.3) is 11.6 Å². The standard InChI is InChI=1S/C22H16N4O4S/c1-13-6-11-17-19(12-13)30-21(24-17)14-7-9-15(10-8-14)23-22(31)25-20(27)16-4-2-3-5-18(16)26(28)29/h2-12H,1H3,(H2,23,25,27,31). The maximum Gasteiger partial charge on any atom is 0.282 e. The molecule has 154 valence electrons. The molecule has 0 aliphatic carbocycles. The van der Waals surface area contributed by atoms with Crippen molar-refractivity contribution in [3.05, 3.63) is 88.0 Å². The van der Waals surface area contributed by atoms with E-state index >= 15 is 0 Å². The summed E-state index contributed by atoms with van der Waals surface area (Å²) in [6.07, 6.45) is 0. The molecule has 0 spiro atoms. The minimum Gasteiger partial charge on any atom is -0.436 e. The van der Waals surface area contributed by atoms with Gasteiger partial charge in [-0.25, -0.2) is 4.98 Å². The molecule has 3 aromatic carbocycles. The van der Waals surface area contributed by atoms with Crippen molar-refractivity contribution in [2.45, 2.75) is 6.92 Å². The van der Waals surface area contributed by atoms with Crippen LogP contribution in [0.5, 0.6) is 0 Å². The fourth-order valence-corrected chi connectivity index (χ4v) is 3.22. The molecule has 0 radical (unpaired) electrons. The molecule has 0 saturated heterocycles. The number of hydrogen-bond acceptors (Lipinski definition) is 6. The highest BCUT2D eigenvalue weighted by Gasteiger charge is 2.20. The third-order valence-electron chi connectivity index (χ3n) is 4.51. The fraction of sp³-hybridized carbons (Fsp3) is 0.0455. The minimum absolute atomic E-state index is 0.0215. The van der Waals surface area contributed by atoms with E-state index in [1.807, 2.05) is 37.3 Å². The second-order valence-electron chi connectivity index (χ2n) is 6.75. The number of carbonyl (C=O) groups is 1. The van der Waals surface area contributed by atoms with Gasteiger partial charge in [-0.3, -0.25) is 20.2 Å². The number of fused-ring (bicyclic) bond motifs is 1. The van der Waals surface area contributed by atoms with Crippen LogP contribution in [0.4, 0.5) is 11.4 Å². The third-order valence-corrected chi connectivity index (χ3v) is 4.71. The van der Waals surface area contributed by atoms with E-state index in [1.54, 1.807) is 18.2 Å². The molecule has 9 heteroatoms. The lowest BCUT2D eigenvalue weighted by molar-refractivity contribution is -0.385. The SMILES string of the molecule is Cc1ccc2nc(-c3ccc(NC(=S)NC(=O)c4ccccc4[N+](=O)[O-])cc3)oc2c1. The van der Waals surface area contributed by atoms with E-state index in [0.29, 0.717) is 11.6 Å². The van der Waals surface area contributed by atoms with E-state index in [4.69, 9.17) is 16.6 Å². The normalized spacial score (nSPS) is 10.6. The number of para-hydroxylation sites is 1. The van der Waals surface area contributed by atoms with Crippen molar-refractivity contribution in [2.75, 3.05) is 5.32 Å². The summed E-state index contributed by atoms with van der Waals surface area (Å²) in [5, 5.41) is 16.4. The van der Waals surface area contributed by atoms with E-state index in [-0.39, 0.29) is 16.4 Å². The first kappa shape index (κ1) is 20.2. The summed E-state index contributed by atoms with van der Waals surface area (Å²) in [7, 11) is 0. The lowest BCUT2D eigenvalue weighted by Gasteiger charge is -2.10. The first-order valence-corrected chi connectivity index (χ1v) is 9.65. The molecule has 0 fully saturated rings. The monoisotopic (exact) mass is 432 g/mol. The van der Waals surface area contributed by atoms with Crippen LogP contribution < -0.4 is 10.6 Å². The van der Waals surface area contributed by atoms with Gasteiger partial charge < -0.3 is 9.73 Å². The van der Waals surface area contributed by atoms with E-state index < -0.39 is 10.8 Å². The number of nitrogens with zero attached hydrogens (tertiary/aromatic N) is 2. The summed E-state index contributed by atoms with van der Waals surface area (Å²) in [6.45, 7) is 1.99. The number of aromatic nitrogens is 1. The maximum absolute atomic E-state index is 12.4. The van der Waals surface area contributed by atoms with E-state index in [2.05, 4.69) is 15.6 Å². The lowest BCUT2D eigenvalue weighted by Crippen LogP contribution is -2.34. The Morgan fingerprint density at radius 3 is 2.58 bits per heavy atom. The predicted octanol–water partition coefficient (Wildman–Crippen LogP) is 4.84. The number of amides is 1. The molecule has 0 atom stereocenters. The molecule has 0 aliphatic heterocycles. The Hall–Kier alpha value is -4.11. The molecule has 0 unspecified atom stereocenters. The van der Waals surface area contributed by atoms with Crippen molar-refractivity contribution < 1.29 is 14.1 Å². The maximum atomic E-state index is 12.4. The van der Waals surface area contributed by atoms with Crippen molar-refractivity contribution in [1.82, 2.24) is 10.3 Å². The Morgan fingerprint density at radius 1 is 1.10 bits per heavy atom. The van der Waals surface area contributed by atoms with Gasteiger partial charge in [-0.2, -0.15) is 0 Å². The Bertz CT molecular complexity index is 1310. The molecule has 4 aromatic rings. The van der Waals surface area contributed by atoms with Gasteiger partial charge in [0, 0.05) is 17.3 Å². The van der Waals surface area contributed by atoms with Gasteiger partial charge >= 0.3 is 0 Å². The van der Waals surface area contributed by atoms with Crippen molar-refractivity contribution in [3.8, 4) is 11.5 Å². The average Bonchev–Trinajstić information content (AvgIpc) is 3.17. The van der Waals surface area contributed by atoms with E-state index in [0.717, 1.165) is 22.2 Å². The van der Waals surface area contributed by atoms with Crippen LogP contribution in [-0.4, -0.2) is 20.9 Å². The fourth-order valence-electron chi connectivity index (χ4n) is 3.01. The number of oxazole rings is 1. The molecule has 0 saturated carbocycles. The summed E-state index contributed by atoms with van der Waals surface area (Å²) in [6, 6.07) is 18.6. The number of aryl methyl sites for hydroxylation is 1. The molecule has 2 N–H and O–H groups in total. The van der Waals surface area contributed by atoms with Crippen LogP contribution in [0.25, 0.3) is 22.6 Å². The quantitative estimate of drug-likeness (QED) is 0.270. The van der Waals surface area contributed by atoms with Crippen LogP contribution in [0.15, 0.2) is 71.1 Å². The zero-order valence-electron chi connectivity index (χ0n) is 16.3. The highest BCUT2D eigenvalue weighted by molar-refractivity contribution is 7.80. The Labute approximate surface area is 182 Å². The first-order chi connectivity index (χ1) is 14.9. The van der Waals surface area contributed by atoms with Crippen LogP contribution in [-0.2, 0) is 0 Å². The predicted molar refractivity (Wildman–Crippen MR) is 121 cm³/mol. The largest absolute Gasteiger partial charge is 0.436 e. The van der Waals surface area contributed by atoms with Crippen molar-refractivity contribution >= 4 is 45.7 Å². The molecule has 0 bridgehead atoms. The minimum atomic E-state index is -0.664. The zero-order valence-corrected chi connectivity index (χ0v) is 17.1. The van der Waals surface area contributed by atoms with Crippen LogP contribution in [0.1, 0.15) is 15.9 Å². The lowest BCUT2D eigenvalue weighted by atomic mass is 10.1. The zero-order chi connectivity index (χ0) is 22.0. The number of benzene rings is 3. The molecular formula is C22H16N4O4S. The topological polar surface area (TPSA) is 110 Å². The van der Waals surface area contributed by atoms with Gasteiger partial charge in [0.1, 0.15) is 11.1 Å². The first-order valence-electron chi connectivity index (χ1n) is 9.24. The molecule has 8 nitrogen and oxygen atoms in total. The second-order valence-corrected chi connectivity index (χ2v) is 7.16. The van der Waals surface area contributed by atoms with Crippen molar-refractivity contribution in [2.24, 2.45) is 0 Å². The summed E-state index contributed by atoms with van der Waals surface area (Å²) in [5.74, 6) is -0.164. The number of thiocarbonyl (C=S) groups is 1. The highest BCUT2D eigenvalue weighted by Crippen LogP contribution is 2.26. The van der Waals surface area contributed by atoms with Crippen molar-refractivity contribution in [1.29, 1.82) is 0 Å². The number of rotatable bonds is 4. The molecule has 1 amide bonds. The Morgan fingerprint density at radius 2 is 1.84 bits per heavy atom. The second kappa shape index (κ2) is 8.33. The summed E-state index contributed by atoms with van der Waals surface area (Å²) in [5.41, 5.74) is 3.64. The van der Waals surface area contributed by atoms with E-state index in [9.17, 15) is 14.9 Å². The van der Waals surface area contributed by atoms with Crippen LogP contribution in [0, 0.1) is 17.0 Å². The number of nitro benzene ring substituents is 1. The summed E-state index contributed by atoms with van der Waals surface area (Å²) >= 11 is 5.16. The van der Waals surface area contributed by atoms with Gasteiger partial charge in [-0.05, 0) is 67.2 Å². The van der Waals surface area contributed by atoms with Gasteiger partial charge in [0.05, 0.1) is 4.92 Å². The van der Waals surface area contributed by atoms with Crippen LogP contribution in [0.3, 0.4) is 0 Å². The number of hydrogen-bond donors (Lipinski definition) is 2. The van der Waals surface area contributed by atoms with Crippen LogP contribution >= 0.6 is 12.2 Å². The van der Waals surface area contributed by atoms with Gasteiger partial charge in [-0.15, -0.1) is 0 Å². The molecular weight excluding hydrogens is 416 g/mol. The molecule has 0 aliphatic rings. The molecule has 1 aromatic heterocycles. The third kappa shape index (κ3) is 4.41. The van der Waals surface area contributed by atoms with Crippen molar-refractivity contribution in [3.63, 3.8) is 0 Å². The van der Waals surface area contributed by atoms with Crippen LogP contribution in [0.2, 0.25) is 0 Å². The number of anilines is 1. The number of carbonyl (C=O) groups excluding carboxylic acids is 1. The smallest absolute Gasteiger partial charge is 0.282 e. The summed E-state index contributed by atoms with van der Waals surface area (Å²) in [4.78, 5) is 27.3. The molecule has 4 rings (SSSR count).